The standard InChI is InChI=1S/C24H24ClF3N2O4/c25-20-7-6-17(11-19(20)24(26,27)28)29-21(31)13-30(12-18-5-2-8-34-18)23(33)16-9-14-3-1-4-15(10-16)22(14)32/h2,5-8,11,14-16H,1,3-4,9-10,12-13H2,(H,29,31)/t14-,15-/m0/s1. The van der Waals surface area contributed by atoms with Gasteiger partial charge in [-0.15, -0.1) is 0 Å². The Kier molecular flexibility index (Phi) is 7.02. The van der Waals surface area contributed by atoms with Crippen LogP contribution in [0.3, 0.4) is 0 Å². The third-order valence-corrected chi connectivity index (χ3v) is 6.86. The molecule has 2 atom stereocenters. The van der Waals surface area contributed by atoms with Gasteiger partial charge in [-0.1, -0.05) is 18.0 Å². The van der Waals surface area contributed by atoms with E-state index < -0.39 is 22.7 Å². The van der Waals surface area contributed by atoms with Gasteiger partial charge in [0.1, 0.15) is 18.1 Å². The molecule has 1 heterocycles. The van der Waals surface area contributed by atoms with Crippen LogP contribution in [-0.2, 0) is 27.1 Å². The fourth-order valence-electron chi connectivity index (χ4n) is 4.94. The zero-order valence-electron chi connectivity index (χ0n) is 18.2. The molecule has 0 aliphatic heterocycles. The van der Waals surface area contributed by atoms with Gasteiger partial charge in [-0.25, -0.2) is 0 Å². The molecule has 2 amide bonds. The second-order valence-corrected chi connectivity index (χ2v) is 9.32. The topological polar surface area (TPSA) is 79.6 Å². The summed E-state index contributed by atoms with van der Waals surface area (Å²) in [6, 6.07) is 6.42. The van der Waals surface area contributed by atoms with Gasteiger partial charge in [0.05, 0.1) is 23.4 Å². The number of ketones is 1. The molecule has 1 aromatic heterocycles. The van der Waals surface area contributed by atoms with Crippen molar-refractivity contribution in [3.05, 3.63) is 52.9 Å². The van der Waals surface area contributed by atoms with E-state index in [0.29, 0.717) is 18.6 Å². The summed E-state index contributed by atoms with van der Waals surface area (Å²) in [5, 5.41) is 1.95. The maximum absolute atomic E-state index is 13.4. The molecule has 2 saturated carbocycles. The van der Waals surface area contributed by atoms with E-state index in [0.717, 1.165) is 31.4 Å². The van der Waals surface area contributed by atoms with Crippen LogP contribution in [0.5, 0.6) is 0 Å². The first kappa shape index (κ1) is 24.3. The van der Waals surface area contributed by atoms with Crippen LogP contribution in [0.25, 0.3) is 0 Å². The number of hydrogen-bond donors (Lipinski definition) is 1. The highest BCUT2D eigenvalue weighted by atomic mass is 35.5. The number of benzene rings is 1. The van der Waals surface area contributed by atoms with Gasteiger partial charge < -0.3 is 14.6 Å². The summed E-state index contributed by atoms with van der Waals surface area (Å²) in [7, 11) is 0. The summed E-state index contributed by atoms with van der Waals surface area (Å²) >= 11 is 5.64. The molecule has 0 saturated heterocycles. The van der Waals surface area contributed by atoms with Crippen LogP contribution in [0.2, 0.25) is 5.02 Å². The maximum atomic E-state index is 13.4. The summed E-state index contributed by atoms with van der Waals surface area (Å²) < 4.78 is 44.8. The third-order valence-electron chi connectivity index (χ3n) is 6.53. The molecular weight excluding hydrogens is 473 g/mol. The van der Waals surface area contributed by atoms with Crippen molar-refractivity contribution in [2.75, 3.05) is 11.9 Å². The molecule has 2 bridgehead atoms. The van der Waals surface area contributed by atoms with Crippen LogP contribution in [0.15, 0.2) is 41.0 Å². The minimum atomic E-state index is -4.67. The Hall–Kier alpha value is -2.81. The predicted octanol–water partition coefficient (Wildman–Crippen LogP) is 5.31. The summed E-state index contributed by atoms with van der Waals surface area (Å²) in [6.07, 6.45) is 0.212. The average molecular weight is 497 g/mol. The zero-order chi connectivity index (χ0) is 24.5. The lowest BCUT2D eigenvalue weighted by atomic mass is 9.67. The highest BCUT2D eigenvalue weighted by Crippen LogP contribution is 2.41. The molecule has 1 aromatic carbocycles. The molecule has 34 heavy (non-hydrogen) atoms. The quantitative estimate of drug-likeness (QED) is 0.587. The Morgan fingerprint density at radius 2 is 1.85 bits per heavy atom. The van der Waals surface area contributed by atoms with E-state index in [1.807, 2.05) is 0 Å². The molecule has 0 radical (unpaired) electrons. The van der Waals surface area contributed by atoms with Gasteiger partial charge in [-0.05, 0) is 56.0 Å². The van der Waals surface area contributed by atoms with Crippen molar-refractivity contribution in [1.29, 1.82) is 0 Å². The Bertz CT molecular complexity index is 1050. The number of hydrogen-bond acceptors (Lipinski definition) is 4. The van der Waals surface area contributed by atoms with E-state index in [1.54, 1.807) is 12.1 Å². The van der Waals surface area contributed by atoms with E-state index in [2.05, 4.69) is 5.32 Å². The second kappa shape index (κ2) is 9.82. The monoisotopic (exact) mass is 496 g/mol. The number of nitrogens with zero attached hydrogens (tertiary/aromatic N) is 1. The SMILES string of the molecule is O=C(CN(Cc1ccco1)C(=O)C1C[C@@H]2CCC[C@@H](C1)C2=O)Nc1ccc(Cl)c(C(F)(F)F)c1. The highest BCUT2D eigenvalue weighted by molar-refractivity contribution is 6.31. The number of carbonyl (C=O) groups is 3. The van der Waals surface area contributed by atoms with Crippen LogP contribution in [0.1, 0.15) is 43.4 Å². The van der Waals surface area contributed by atoms with E-state index in [4.69, 9.17) is 16.0 Å². The van der Waals surface area contributed by atoms with E-state index >= 15 is 0 Å². The van der Waals surface area contributed by atoms with Crippen molar-refractivity contribution in [2.45, 2.75) is 44.8 Å². The van der Waals surface area contributed by atoms with Crippen molar-refractivity contribution in [3.63, 3.8) is 0 Å². The first-order valence-corrected chi connectivity index (χ1v) is 11.5. The Labute approximate surface area is 199 Å². The number of fused-ring (bicyclic) bond motifs is 2. The van der Waals surface area contributed by atoms with Gasteiger partial charge in [-0.2, -0.15) is 13.2 Å². The van der Waals surface area contributed by atoms with Crippen LogP contribution in [0.4, 0.5) is 18.9 Å². The van der Waals surface area contributed by atoms with Crippen molar-refractivity contribution in [1.82, 2.24) is 4.90 Å². The Balaban J connectivity index is 1.49. The zero-order valence-corrected chi connectivity index (χ0v) is 19.0. The summed E-state index contributed by atoms with van der Waals surface area (Å²) in [6.45, 7) is -0.337. The number of anilines is 1. The Morgan fingerprint density at radius 3 is 2.47 bits per heavy atom. The molecule has 4 rings (SSSR count). The summed E-state index contributed by atoms with van der Waals surface area (Å²) in [5.41, 5.74) is -1.14. The lowest BCUT2D eigenvalue weighted by Crippen LogP contribution is -2.46. The van der Waals surface area contributed by atoms with Crippen LogP contribution in [-0.4, -0.2) is 29.0 Å². The molecule has 2 fully saturated rings. The van der Waals surface area contributed by atoms with E-state index in [9.17, 15) is 27.6 Å². The van der Waals surface area contributed by atoms with Gasteiger partial charge in [0.25, 0.3) is 0 Å². The summed E-state index contributed by atoms with van der Waals surface area (Å²) in [5.74, 6) is -0.854. The van der Waals surface area contributed by atoms with Gasteiger partial charge >= 0.3 is 6.18 Å². The number of carbonyl (C=O) groups excluding carboxylic acids is 3. The molecule has 6 nitrogen and oxygen atoms in total. The van der Waals surface area contributed by atoms with Crippen molar-refractivity contribution in [3.8, 4) is 0 Å². The minimum absolute atomic E-state index is 0.0352. The van der Waals surface area contributed by atoms with Gasteiger partial charge in [0, 0.05) is 23.4 Å². The average Bonchev–Trinajstić information content (AvgIpc) is 3.26. The maximum Gasteiger partial charge on any atom is 0.417 e. The summed E-state index contributed by atoms with van der Waals surface area (Å²) in [4.78, 5) is 39.9. The molecule has 182 valence electrons. The van der Waals surface area contributed by atoms with Gasteiger partial charge in [0.15, 0.2) is 0 Å². The second-order valence-electron chi connectivity index (χ2n) is 8.91. The van der Waals surface area contributed by atoms with Crippen molar-refractivity contribution >= 4 is 34.9 Å². The van der Waals surface area contributed by atoms with Crippen molar-refractivity contribution < 1.29 is 32.0 Å². The largest absolute Gasteiger partial charge is 0.467 e. The number of alkyl halides is 3. The first-order chi connectivity index (χ1) is 16.1. The molecule has 0 unspecified atom stereocenters. The van der Waals surface area contributed by atoms with Gasteiger partial charge in [0.2, 0.25) is 11.8 Å². The van der Waals surface area contributed by atoms with Crippen molar-refractivity contribution in [2.24, 2.45) is 17.8 Å². The molecular formula is C24H24ClF3N2O4. The highest BCUT2D eigenvalue weighted by Gasteiger charge is 2.42. The fraction of sp³-hybridized carbons (Fsp3) is 0.458. The van der Waals surface area contributed by atoms with E-state index in [-0.39, 0.29) is 48.2 Å². The smallest absolute Gasteiger partial charge is 0.417 e. The van der Waals surface area contributed by atoms with Gasteiger partial charge in [-0.3, -0.25) is 14.4 Å². The lowest BCUT2D eigenvalue weighted by molar-refractivity contribution is -0.145. The minimum Gasteiger partial charge on any atom is -0.467 e. The van der Waals surface area contributed by atoms with Crippen LogP contribution in [0, 0.1) is 17.8 Å². The molecule has 2 aliphatic carbocycles. The molecule has 2 aromatic rings. The molecule has 10 heteroatoms. The normalized spacial score (nSPS) is 22.4. The van der Waals surface area contributed by atoms with Crippen LogP contribution < -0.4 is 5.32 Å². The predicted molar refractivity (Wildman–Crippen MR) is 118 cm³/mol. The lowest BCUT2D eigenvalue weighted by Gasteiger charge is -2.38. The number of nitrogens with one attached hydrogen (secondary N) is 1. The number of Topliss-reactive ketones (excluding diaryl/α,β-unsaturated/α-hetero) is 1. The number of halogens is 4. The fourth-order valence-corrected chi connectivity index (χ4v) is 5.16. The first-order valence-electron chi connectivity index (χ1n) is 11.1. The number of amides is 2. The number of furan rings is 1. The Morgan fingerprint density at radius 1 is 1.15 bits per heavy atom. The number of rotatable bonds is 6. The van der Waals surface area contributed by atoms with E-state index in [1.165, 1.54) is 17.2 Å². The molecule has 2 aliphatic rings. The third kappa shape index (κ3) is 5.46. The molecule has 0 spiro atoms. The van der Waals surface area contributed by atoms with Crippen LogP contribution >= 0.6 is 11.6 Å². The molecule has 1 N–H and O–H groups in total.